The molecule has 0 aromatic carbocycles. The lowest BCUT2D eigenvalue weighted by Gasteiger charge is -2.17. The van der Waals surface area contributed by atoms with E-state index in [1.165, 1.54) is 0 Å². The average Bonchev–Trinajstić information content (AvgIpc) is 2.24. The molecule has 4 nitrogen and oxygen atoms in total. The summed E-state index contributed by atoms with van der Waals surface area (Å²) in [5.74, 6) is 0. The Morgan fingerprint density at radius 1 is 0.812 bits per heavy atom. The maximum atomic E-state index is 8.90. The van der Waals surface area contributed by atoms with E-state index in [0.29, 0.717) is 0 Å². The highest BCUT2D eigenvalue weighted by Gasteiger charge is 2.04. The van der Waals surface area contributed by atoms with E-state index in [-0.39, 0.29) is 50.1 Å². The third kappa shape index (κ3) is 10.9. The SMILES string of the molecule is CCC(CO)NCCNC(CC)CO.[Cl-].[Cl-]. The number of rotatable bonds is 9. The lowest BCUT2D eigenvalue weighted by Crippen LogP contribution is -3.00. The molecule has 0 aromatic rings. The van der Waals surface area contributed by atoms with Crippen molar-refractivity contribution in [3.63, 3.8) is 0 Å². The minimum Gasteiger partial charge on any atom is -1.00 e. The molecule has 6 heteroatoms. The highest BCUT2D eigenvalue weighted by Crippen LogP contribution is 1.89. The van der Waals surface area contributed by atoms with Crippen LogP contribution in [-0.4, -0.2) is 48.6 Å². The molecule has 0 aliphatic rings. The Morgan fingerprint density at radius 2 is 1.12 bits per heavy atom. The molecule has 0 heterocycles. The normalized spacial score (nSPS) is 13.5. The molecule has 2 atom stereocenters. The van der Waals surface area contributed by atoms with E-state index in [9.17, 15) is 0 Å². The number of halogens is 2. The van der Waals surface area contributed by atoms with Gasteiger partial charge in [0.2, 0.25) is 0 Å². The van der Waals surface area contributed by atoms with Crippen molar-refractivity contribution in [2.24, 2.45) is 0 Å². The molecule has 0 rings (SSSR count). The second kappa shape index (κ2) is 15.4. The maximum absolute atomic E-state index is 8.90. The first-order chi connectivity index (χ1) is 6.78. The zero-order chi connectivity index (χ0) is 10.8. The van der Waals surface area contributed by atoms with Crippen LogP contribution in [0.15, 0.2) is 0 Å². The number of aliphatic hydroxyl groups is 2. The second-order valence-corrected chi connectivity index (χ2v) is 3.48. The molecule has 2 unspecified atom stereocenters. The molecule has 0 amide bonds. The molecule has 0 bridgehead atoms. The lowest BCUT2D eigenvalue weighted by atomic mass is 10.2. The third-order valence-corrected chi connectivity index (χ3v) is 2.42. The van der Waals surface area contributed by atoms with Crippen LogP contribution in [0.1, 0.15) is 26.7 Å². The van der Waals surface area contributed by atoms with Gasteiger partial charge in [-0.15, -0.1) is 0 Å². The van der Waals surface area contributed by atoms with Gasteiger partial charge >= 0.3 is 0 Å². The van der Waals surface area contributed by atoms with Crippen LogP contribution in [0.4, 0.5) is 0 Å². The van der Waals surface area contributed by atoms with Crippen LogP contribution in [0.2, 0.25) is 0 Å². The molecule has 0 fully saturated rings. The monoisotopic (exact) mass is 274 g/mol. The average molecular weight is 275 g/mol. The van der Waals surface area contributed by atoms with E-state index in [1.54, 1.807) is 0 Å². The molecule has 102 valence electrons. The Balaban J connectivity index is -0.000000845. The minimum atomic E-state index is 0. The van der Waals surface area contributed by atoms with Crippen LogP contribution in [0, 0.1) is 0 Å². The number of hydrogen-bond acceptors (Lipinski definition) is 4. The Kier molecular flexibility index (Phi) is 20.9. The first kappa shape index (κ1) is 21.7. The fourth-order valence-electron chi connectivity index (χ4n) is 1.23. The van der Waals surface area contributed by atoms with Crippen molar-refractivity contribution in [3.05, 3.63) is 0 Å². The summed E-state index contributed by atoms with van der Waals surface area (Å²) < 4.78 is 0. The third-order valence-electron chi connectivity index (χ3n) is 2.42. The van der Waals surface area contributed by atoms with Gasteiger partial charge < -0.3 is 45.7 Å². The molecule has 0 radical (unpaired) electrons. The van der Waals surface area contributed by atoms with Crippen LogP contribution >= 0.6 is 0 Å². The lowest BCUT2D eigenvalue weighted by molar-refractivity contribution is -0.001000. The van der Waals surface area contributed by atoms with Crippen LogP contribution in [0.5, 0.6) is 0 Å². The van der Waals surface area contributed by atoms with Crippen LogP contribution in [0.25, 0.3) is 0 Å². The molecular weight excluding hydrogens is 251 g/mol. The number of hydrogen-bond donors (Lipinski definition) is 4. The molecule has 0 saturated heterocycles. The predicted molar refractivity (Wildman–Crippen MR) is 58.3 cm³/mol. The highest BCUT2D eigenvalue weighted by molar-refractivity contribution is 4.67. The molecule has 0 aromatic heterocycles. The molecule has 16 heavy (non-hydrogen) atoms. The first-order valence-electron chi connectivity index (χ1n) is 5.46. The van der Waals surface area contributed by atoms with Gasteiger partial charge in [-0.25, -0.2) is 0 Å². The Labute approximate surface area is 111 Å². The van der Waals surface area contributed by atoms with Gasteiger partial charge in [-0.05, 0) is 12.8 Å². The highest BCUT2D eigenvalue weighted by atomic mass is 35.5. The van der Waals surface area contributed by atoms with Gasteiger partial charge in [0.1, 0.15) is 0 Å². The zero-order valence-corrected chi connectivity index (χ0v) is 11.6. The Morgan fingerprint density at radius 3 is 1.31 bits per heavy atom. The van der Waals surface area contributed by atoms with Crippen molar-refractivity contribution in [2.45, 2.75) is 38.8 Å². The summed E-state index contributed by atoms with van der Waals surface area (Å²) >= 11 is 0. The first-order valence-corrected chi connectivity index (χ1v) is 5.46. The summed E-state index contributed by atoms with van der Waals surface area (Å²) in [7, 11) is 0. The van der Waals surface area contributed by atoms with Crippen molar-refractivity contribution >= 4 is 0 Å². The van der Waals surface area contributed by atoms with Gasteiger partial charge in [-0.1, -0.05) is 13.8 Å². The zero-order valence-electron chi connectivity index (χ0n) is 10.0. The van der Waals surface area contributed by atoms with Crippen LogP contribution in [-0.2, 0) is 0 Å². The van der Waals surface area contributed by atoms with Crippen molar-refractivity contribution in [1.82, 2.24) is 10.6 Å². The Hall–Kier alpha value is 0.420. The fraction of sp³-hybridized carbons (Fsp3) is 1.00. The van der Waals surface area contributed by atoms with Gasteiger partial charge in [0.05, 0.1) is 13.2 Å². The standard InChI is InChI=1S/C10H24N2O2.2ClH/c1-3-9(7-13)11-5-6-12-10(4-2)8-14;;/h9-14H,3-8H2,1-2H3;2*1H/p-2. The topological polar surface area (TPSA) is 64.5 Å². The fourth-order valence-corrected chi connectivity index (χ4v) is 1.23. The van der Waals surface area contributed by atoms with E-state index < -0.39 is 0 Å². The molecule has 0 spiro atoms. The van der Waals surface area contributed by atoms with Gasteiger partial charge in [0.25, 0.3) is 0 Å². The maximum Gasteiger partial charge on any atom is 0.0584 e. The number of nitrogens with one attached hydrogen (secondary N) is 2. The molecular formula is C10H24Cl2N2O2-2. The van der Waals surface area contributed by atoms with Crippen LogP contribution in [0.3, 0.4) is 0 Å². The van der Waals surface area contributed by atoms with E-state index >= 15 is 0 Å². The largest absolute Gasteiger partial charge is 1.00 e. The molecule has 0 aliphatic carbocycles. The van der Waals surface area contributed by atoms with Gasteiger partial charge in [0, 0.05) is 25.2 Å². The van der Waals surface area contributed by atoms with E-state index in [0.717, 1.165) is 25.9 Å². The smallest absolute Gasteiger partial charge is 0.0584 e. The Bertz CT molecular complexity index is 109. The summed E-state index contributed by atoms with van der Waals surface area (Å²) in [5, 5.41) is 24.3. The number of aliphatic hydroxyl groups excluding tert-OH is 2. The van der Waals surface area contributed by atoms with Crippen molar-refractivity contribution in [3.8, 4) is 0 Å². The summed E-state index contributed by atoms with van der Waals surface area (Å²) in [5.41, 5.74) is 0. The summed E-state index contributed by atoms with van der Waals surface area (Å²) in [6.07, 6.45) is 1.88. The van der Waals surface area contributed by atoms with E-state index in [1.807, 2.05) is 13.8 Å². The summed E-state index contributed by atoms with van der Waals surface area (Å²) in [6.45, 7) is 6.13. The van der Waals surface area contributed by atoms with Gasteiger partial charge in [-0.2, -0.15) is 0 Å². The van der Waals surface area contributed by atoms with Crippen molar-refractivity contribution in [1.29, 1.82) is 0 Å². The van der Waals surface area contributed by atoms with Crippen LogP contribution < -0.4 is 35.4 Å². The summed E-state index contributed by atoms with van der Waals surface area (Å²) in [4.78, 5) is 0. The van der Waals surface area contributed by atoms with E-state index in [4.69, 9.17) is 10.2 Å². The molecule has 4 N–H and O–H groups in total. The quantitative estimate of drug-likeness (QED) is 0.316. The van der Waals surface area contributed by atoms with Gasteiger partial charge in [-0.3, -0.25) is 0 Å². The second-order valence-electron chi connectivity index (χ2n) is 3.48. The van der Waals surface area contributed by atoms with Crippen molar-refractivity contribution in [2.75, 3.05) is 26.3 Å². The summed E-state index contributed by atoms with van der Waals surface area (Å²) in [6, 6.07) is 0.400. The van der Waals surface area contributed by atoms with E-state index in [2.05, 4.69) is 10.6 Å². The predicted octanol–water partition coefficient (Wildman–Crippen LogP) is -6.28. The van der Waals surface area contributed by atoms with Crippen molar-refractivity contribution < 1.29 is 35.0 Å². The minimum absolute atomic E-state index is 0. The molecule has 0 saturated carbocycles. The van der Waals surface area contributed by atoms with Gasteiger partial charge in [0.15, 0.2) is 0 Å². The molecule has 0 aliphatic heterocycles.